The lowest BCUT2D eigenvalue weighted by molar-refractivity contribution is -0.112. The summed E-state index contributed by atoms with van der Waals surface area (Å²) in [4.78, 5) is 13.5. The molecule has 0 N–H and O–H groups in total. The normalized spacial score (nSPS) is 26.1. The maximum absolute atomic E-state index is 11.0. The minimum atomic E-state index is 0.0244. The molecule has 0 amide bonds. The van der Waals surface area contributed by atoms with E-state index in [1.54, 1.807) is 13.2 Å². The van der Waals surface area contributed by atoms with Crippen molar-refractivity contribution in [1.29, 1.82) is 0 Å². The molecule has 1 fully saturated rings. The second-order valence-electron chi connectivity index (χ2n) is 7.67. The van der Waals surface area contributed by atoms with E-state index in [9.17, 15) is 4.79 Å². The number of carbonyl (C=O) groups is 1. The molecule has 0 spiro atoms. The molecule has 1 aromatic heterocycles. The summed E-state index contributed by atoms with van der Waals surface area (Å²) >= 11 is 0. The van der Waals surface area contributed by atoms with Gasteiger partial charge >= 0.3 is 0 Å². The number of hydrogen-bond acceptors (Lipinski definition) is 3. The second kappa shape index (κ2) is 6.34. The topological polar surface area (TPSA) is 34.5 Å². The van der Waals surface area contributed by atoms with Crippen LogP contribution in [0.3, 0.4) is 0 Å². The van der Waals surface area contributed by atoms with Crippen LogP contribution in [0.4, 0.5) is 0 Å². The minimum Gasteiger partial charge on any atom is -0.501 e. The monoisotopic (exact) mass is 338 g/mol. The molecule has 2 unspecified atom stereocenters. The molecular weight excluding hydrogens is 312 g/mol. The zero-order valence-corrected chi connectivity index (χ0v) is 15.2. The lowest BCUT2D eigenvalue weighted by Gasteiger charge is -2.45. The highest BCUT2D eigenvalue weighted by Gasteiger charge is 2.39. The van der Waals surface area contributed by atoms with Crippen LogP contribution in [0.1, 0.15) is 30.4 Å². The Morgan fingerprint density at radius 1 is 1.36 bits per heavy atom. The Kier molecular flexibility index (Phi) is 4.16. The fraction of sp³-hybridized carbons (Fsp3) is 0.476. The summed E-state index contributed by atoms with van der Waals surface area (Å²) in [5.41, 5.74) is 4.33. The number of carbonyl (C=O) groups excluding carboxylic acids is 1. The second-order valence-corrected chi connectivity index (χ2v) is 7.67. The molecule has 4 rings (SSSR count). The number of benzene rings is 1. The zero-order chi connectivity index (χ0) is 17.6. The van der Waals surface area contributed by atoms with Crippen LogP contribution in [-0.2, 0) is 23.0 Å². The number of likely N-dealkylation sites (N-methyl/N-ethyl adjacent to an activating group) is 1. The van der Waals surface area contributed by atoms with E-state index in [-0.39, 0.29) is 5.78 Å². The fourth-order valence-corrected chi connectivity index (χ4v) is 4.79. The fourth-order valence-electron chi connectivity index (χ4n) is 4.79. The molecule has 0 saturated carbocycles. The smallest absolute Gasteiger partial charge is 0.155 e. The Morgan fingerprint density at radius 2 is 2.20 bits per heavy atom. The van der Waals surface area contributed by atoms with Gasteiger partial charge in [-0.1, -0.05) is 12.1 Å². The van der Waals surface area contributed by atoms with E-state index in [0.29, 0.717) is 24.5 Å². The SMILES string of the molecule is CC(=O)C=COCC1CC2c3cccc4c3c(cn4C)C[C@H]2N(C)C1. The Morgan fingerprint density at radius 3 is 3.00 bits per heavy atom. The van der Waals surface area contributed by atoms with Gasteiger partial charge in [-0.2, -0.15) is 0 Å². The number of aryl methyl sites for hydroxylation is 1. The van der Waals surface area contributed by atoms with Gasteiger partial charge in [0.15, 0.2) is 5.78 Å². The third-order valence-electron chi connectivity index (χ3n) is 5.85. The Balaban J connectivity index is 1.59. The zero-order valence-electron chi connectivity index (χ0n) is 15.2. The molecule has 25 heavy (non-hydrogen) atoms. The number of likely N-dealkylation sites (tertiary alicyclic amines) is 1. The van der Waals surface area contributed by atoms with Crippen molar-refractivity contribution in [3.8, 4) is 0 Å². The predicted molar refractivity (Wildman–Crippen MR) is 99.7 cm³/mol. The van der Waals surface area contributed by atoms with Crippen molar-refractivity contribution in [2.24, 2.45) is 13.0 Å². The summed E-state index contributed by atoms with van der Waals surface area (Å²) in [6, 6.07) is 7.31. The van der Waals surface area contributed by atoms with Crippen molar-refractivity contribution >= 4 is 16.7 Å². The van der Waals surface area contributed by atoms with Gasteiger partial charge in [0.05, 0.1) is 12.9 Å². The molecule has 1 aromatic carbocycles. The summed E-state index contributed by atoms with van der Waals surface area (Å²) in [7, 11) is 4.38. The van der Waals surface area contributed by atoms with Gasteiger partial charge in [0, 0.05) is 54.6 Å². The number of aromatic nitrogens is 1. The summed E-state index contributed by atoms with van der Waals surface area (Å²) in [5.74, 6) is 1.07. The van der Waals surface area contributed by atoms with E-state index >= 15 is 0 Å². The van der Waals surface area contributed by atoms with Gasteiger partial charge in [-0.15, -0.1) is 0 Å². The summed E-state index contributed by atoms with van der Waals surface area (Å²) in [5, 5.41) is 1.47. The van der Waals surface area contributed by atoms with Gasteiger partial charge in [0.1, 0.15) is 0 Å². The number of ketones is 1. The molecule has 132 valence electrons. The number of rotatable bonds is 4. The van der Waals surface area contributed by atoms with Crippen LogP contribution < -0.4 is 0 Å². The first kappa shape index (κ1) is 16.4. The van der Waals surface area contributed by atoms with Gasteiger partial charge in [0.2, 0.25) is 0 Å². The number of hydrogen-bond donors (Lipinski definition) is 0. The predicted octanol–water partition coefficient (Wildman–Crippen LogP) is 3.26. The Hall–Kier alpha value is -2.07. The molecule has 4 nitrogen and oxygen atoms in total. The Bertz CT molecular complexity index is 836. The van der Waals surface area contributed by atoms with Gasteiger partial charge in [-0.05, 0) is 44.0 Å². The van der Waals surface area contributed by atoms with Crippen LogP contribution in [0.5, 0.6) is 0 Å². The molecule has 0 bridgehead atoms. The van der Waals surface area contributed by atoms with Gasteiger partial charge < -0.3 is 14.2 Å². The molecule has 1 aliphatic heterocycles. The van der Waals surface area contributed by atoms with E-state index in [2.05, 4.69) is 48.0 Å². The number of fused-ring (bicyclic) bond motifs is 2. The molecule has 2 aromatic rings. The van der Waals surface area contributed by atoms with E-state index in [1.165, 1.54) is 28.1 Å². The lowest BCUT2D eigenvalue weighted by Crippen LogP contribution is -2.48. The average Bonchev–Trinajstić information content (AvgIpc) is 2.90. The van der Waals surface area contributed by atoms with Crippen LogP contribution in [0.2, 0.25) is 0 Å². The number of ether oxygens (including phenoxy) is 1. The molecular formula is C21H26N2O2. The molecule has 4 heteroatoms. The van der Waals surface area contributed by atoms with Crippen LogP contribution >= 0.6 is 0 Å². The summed E-state index contributed by atoms with van der Waals surface area (Å²) in [6.45, 7) is 3.27. The van der Waals surface area contributed by atoms with Crippen molar-refractivity contribution in [2.45, 2.75) is 31.7 Å². The number of allylic oxidation sites excluding steroid dienone is 1. The molecule has 1 aliphatic carbocycles. The highest BCUT2D eigenvalue weighted by Crippen LogP contribution is 2.44. The quantitative estimate of drug-likeness (QED) is 0.634. The molecule has 0 radical (unpaired) electrons. The van der Waals surface area contributed by atoms with E-state index in [4.69, 9.17) is 4.74 Å². The highest BCUT2D eigenvalue weighted by atomic mass is 16.5. The molecule has 1 saturated heterocycles. The van der Waals surface area contributed by atoms with Gasteiger partial charge in [-0.25, -0.2) is 0 Å². The summed E-state index contributed by atoms with van der Waals surface area (Å²) < 4.78 is 7.89. The minimum absolute atomic E-state index is 0.0244. The van der Waals surface area contributed by atoms with Crippen molar-refractivity contribution in [1.82, 2.24) is 9.47 Å². The molecule has 2 heterocycles. The number of piperidine rings is 1. The van der Waals surface area contributed by atoms with Crippen molar-refractivity contribution in [3.63, 3.8) is 0 Å². The first-order chi connectivity index (χ1) is 12.0. The standard InChI is InChI=1S/C21H26N2O2/c1-14(24)7-8-25-13-15-9-18-17-5-4-6-19-21(17)16(12-23(19)3)10-20(18)22(2)11-15/h4-8,12,15,18,20H,9-11,13H2,1-3H3/t15?,18?,20-/m1/s1. The van der Waals surface area contributed by atoms with Crippen LogP contribution in [0.15, 0.2) is 36.7 Å². The van der Waals surface area contributed by atoms with Crippen LogP contribution in [0.25, 0.3) is 10.9 Å². The number of nitrogens with zero attached hydrogens (tertiary/aromatic N) is 2. The first-order valence-electron chi connectivity index (χ1n) is 9.10. The third kappa shape index (κ3) is 2.89. The van der Waals surface area contributed by atoms with Crippen molar-refractivity contribution in [2.75, 3.05) is 20.2 Å². The largest absolute Gasteiger partial charge is 0.501 e. The maximum Gasteiger partial charge on any atom is 0.155 e. The molecule has 2 aliphatic rings. The van der Waals surface area contributed by atoms with E-state index in [0.717, 1.165) is 19.4 Å². The van der Waals surface area contributed by atoms with Gasteiger partial charge in [-0.3, -0.25) is 4.79 Å². The maximum atomic E-state index is 11.0. The summed E-state index contributed by atoms with van der Waals surface area (Å²) in [6.07, 6.45) is 7.63. The highest BCUT2D eigenvalue weighted by molar-refractivity contribution is 5.89. The Labute approximate surface area is 149 Å². The third-order valence-corrected chi connectivity index (χ3v) is 5.85. The van der Waals surface area contributed by atoms with E-state index in [1.807, 2.05) is 0 Å². The van der Waals surface area contributed by atoms with E-state index < -0.39 is 0 Å². The van der Waals surface area contributed by atoms with Crippen molar-refractivity contribution in [3.05, 3.63) is 47.9 Å². The lowest BCUT2D eigenvalue weighted by atomic mass is 9.72. The van der Waals surface area contributed by atoms with Gasteiger partial charge in [0.25, 0.3) is 0 Å². The van der Waals surface area contributed by atoms with Crippen LogP contribution in [-0.4, -0.2) is 41.5 Å². The molecule has 3 atom stereocenters. The average molecular weight is 338 g/mol. The van der Waals surface area contributed by atoms with Crippen molar-refractivity contribution < 1.29 is 9.53 Å². The first-order valence-corrected chi connectivity index (χ1v) is 9.10. The van der Waals surface area contributed by atoms with Crippen LogP contribution in [0, 0.1) is 5.92 Å².